The fraction of sp³-hybridized carbons (Fsp3) is 0.588. The molecule has 0 aliphatic heterocycles. The van der Waals surface area contributed by atoms with Crippen LogP contribution in [0.15, 0.2) is 30.3 Å². The summed E-state index contributed by atoms with van der Waals surface area (Å²) < 4.78 is 0. The number of carbonyl (C=O) groups is 1. The lowest BCUT2D eigenvalue weighted by molar-refractivity contribution is -0.123. The molecule has 118 valence electrons. The number of para-hydroxylation sites is 1. The summed E-state index contributed by atoms with van der Waals surface area (Å²) in [4.78, 5) is 14.1. The molecule has 0 bridgehead atoms. The second kappa shape index (κ2) is 9.40. The van der Waals surface area contributed by atoms with Crippen LogP contribution >= 0.6 is 0 Å². The summed E-state index contributed by atoms with van der Waals surface area (Å²) in [5.74, 6) is 0.0840. The average Bonchev–Trinajstić information content (AvgIpc) is 2.51. The molecule has 1 rings (SSSR count). The van der Waals surface area contributed by atoms with Gasteiger partial charge in [0.25, 0.3) is 0 Å². The van der Waals surface area contributed by atoms with Crippen molar-refractivity contribution in [2.24, 2.45) is 0 Å². The molecule has 0 fully saturated rings. The third kappa shape index (κ3) is 6.63. The van der Waals surface area contributed by atoms with Gasteiger partial charge in [-0.25, -0.2) is 0 Å². The number of hydrogen-bond donors (Lipinski definition) is 2. The lowest BCUT2D eigenvalue weighted by Crippen LogP contribution is -2.45. The molecular weight excluding hydrogens is 262 g/mol. The molecule has 0 saturated heterocycles. The quantitative estimate of drug-likeness (QED) is 0.687. The Labute approximate surface area is 128 Å². The fourth-order valence-electron chi connectivity index (χ4n) is 2.01. The van der Waals surface area contributed by atoms with Gasteiger partial charge in [-0.1, -0.05) is 25.1 Å². The van der Waals surface area contributed by atoms with Crippen LogP contribution in [0.3, 0.4) is 0 Å². The summed E-state index contributed by atoms with van der Waals surface area (Å²) in [5.41, 5.74) is 1.22. The Morgan fingerprint density at radius 2 is 1.90 bits per heavy atom. The molecule has 21 heavy (non-hydrogen) atoms. The summed E-state index contributed by atoms with van der Waals surface area (Å²) in [6, 6.07) is 10.4. The van der Waals surface area contributed by atoms with Gasteiger partial charge in [-0.3, -0.25) is 4.79 Å². The van der Waals surface area contributed by atoms with Crippen LogP contribution in [0.5, 0.6) is 0 Å². The second-order valence-corrected chi connectivity index (χ2v) is 5.60. The van der Waals surface area contributed by atoms with E-state index in [9.17, 15) is 4.79 Å². The van der Waals surface area contributed by atoms with Crippen LogP contribution in [-0.4, -0.2) is 38.1 Å². The van der Waals surface area contributed by atoms with Gasteiger partial charge in [-0.05, 0) is 45.4 Å². The number of carbonyl (C=O) groups excluding carboxylic acids is 1. The van der Waals surface area contributed by atoms with E-state index in [1.54, 1.807) is 0 Å². The monoisotopic (exact) mass is 291 g/mol. The van der Waals surface area contributed by atoms with Gasteiger partial charge in [0.15, 0.2) is 0 Å². The molecule has 1 aromatic carbocycles. The average molecular weight is 291 g/mol. The highest BCUT2D eigenvalue weighted by atomic mass is 16.2. The lowest BCUT2D eigenvalue weighted by atomic mass is 10.2. The molecule has 1 aromatic rings. The lowest BCUT2D eigenvalue weighted by Gasteiger charge is -2.20. The third-order valence-electron chi connectivity index (χ3n) is 3.71. The van der Waals surface area contributed by atoms with Gasteiger partial charge in [0, 0.05) is 25.3 Å². The zero-order valence-electron chi connectivity index (χ0n) is 13.7. The van der Waals surface area contributed by atoms with Gasteiger partial charge in [-0.2, -0.15) is 0 Å². The molecule has 0 aliphatic carbocycles. The van der Waals surface area contributed by atoms with Crippen molar-refractivity contribution < 1.29 is 4.79 Å². The predicted molar refractivity (Wildman–Crippen MR) is 89.7 cm³/mol. The van der Waals surface area contributed by atoms with Gasteiger partial charge < -0.3 is 15.5 Å². The topological polar surface area (TPSA) is 44.4 Å². The van der Waals surface area contributed by atoms with Crippen LogP contribution in [-0.2, 0) is 4.79 Å². The van der Waals surface area contributed by atoms with Gasteiger partial charge in [0.1, 0.15) is 0 Å². The maximum absolute atomic E-state index is 11.9. The van der Waals surface area contributed by atoms with Crippen molar-refractivity contribution in [3.05, 3.63) is 30.3 Å². The van der Waals surface area contributed by atoms with Crippen molar-refractivity contribution in [1.82, 2.24) is 10.6 Å². The zero-order chi connectivity index (χ0) is 15.7. The third-order valence-corrected chi connectivity index (χ3v) is 3.71. The van der Waals surface area contributed by atoms with Crippen LogP contribution in [0.25, 0.3) is 0 Å². The standard InChI is InChI=1S/C17H29N3O/c1-5-14(2)19-17(21)15(3)18-12-9-13-20(4)16-10-7-6-8-11-16/h6-8,10-11,14-15,18H,5,9,12-13H2,1-4H3,(H,19,21). The smallest absolute Gasteiger partial charge is 0.237 e. The van der Waals surface area contributed by atoms with Gasteiger partial charge in [-0.15, -0.1) is 0 Å². The molecule has 0 saturated carbocycles. The number of anilines is 1. The van der Waals surface area contributed by atoms with Crippen molar-refractivity contribution in [1.29, 1.82) is 0 Å². The summed E-state index contributed by atoms with van der Waals surface area (Å²) >= 11 is 0. The van der Waals surface area contributed by atoms with Crippen LogP contribution in [0.4, 0.5) is 5.69 Å². The van der Waals surface area contributed by atoms with Crippen LogP contribution in [0, 0.1) is 0 Å². The highest BCUT2D eigenvalue weighted by Crippen LogP contribution is 2.10. The Balaban J connectivity index is 2.20. The first-order valence-corrected chi connectivity index (χ1v) is 7.84. The highest BCUT2D eigenvalue weighted by Gasteiger charge is 2.13. The first kappa shape index (κ1) is 17.5. The minimum absolute atomic E-state index is 0.0840. The fourth-order valence-corrected chi connectivity index (χ4v) is 2.01. The molecule has 0 aromatic heterocycles. The Kier molecular flexibility index (Phi) is 7.83. The summed E-state index contributed by atoms with van der Waals surface area (Å²) in [6.45, 7) is 7.82. The molecule has 2 N–H and O–H groups in total. The van der Waals surface area contributed by atoms with E-state index in [-0.39, 0.29) is 18.0 Å². The van der Waals surface area contributed by atoms with E-state index in [0.717, 1.165) is 25.9 Å². The Bertz CT molecular complexity index is 408. The minimum Gasteiger partial charge on any atom is -0.375 e. The summed E-state index contributed by atoms with van der Waals surface area (Å²) in [7, 11) is 2.09. The van der Waals surface area contributed by atoms with Crippen molar-refractivity contribution in [3.8, 4) is 0 Å². The van der Waals surface area contributed by atoms with Gasteiger partial charge >= 0.3 is 0 Å². The van der Waals surface area contributed by atoms with Crippen LogP contribution in [0.1, 0.15) is 33.6 Å². The SMILES string of the molecule is CCC(C)NC(=O)C(C)NCCCN(C)c1ccccc1. The normalized spacial score (nSPS) is 13.5. The van der Waals surface area contributed by atoms with Crippen molar-refractivity contribution in [2.75, 3.05) is 25.0 Å². The van der Waals surface area contributed by atoms with Crippen molar-refractivity contribution in [2.45, 2.75) is 45.7 Å². The predicted octanol–water partition coefficient (Wildman–Crippen LogP) is 2.41. The molecule has 0 spiro atoms. The Morgan fingerprint density at radius 1 is 1.24 bits per heavy atom. The van der Waals surface area contributed by atoms with Crippen LogP contribution in [0.2, 0.25) is 0 Å². The molecule has 1 amide bonds. The number of nitrogens with one attached hydrogen (secondary N) is 2. The molecule has 2 atom stereocenters. The molecule has 0 radical (unpaired) electrons. The van der Waals surface area contributed by atoms with Crippen molar-refractivity contribution >= 4 is 11.6 Å². The Hall–Kier alpha value is -1.55. The molecule has 2 unspecified atom stereocenters. The Morgan fingerprint density at radius 3 is 2.52 bits per heavy atom. The van der Waals surface area contributed by atoms with Gasteiger partial charge in [0.2, 0.25) is 5.91 Å². The van der Waals surface area contributed by atoms with E-state index in [4.69, 9.17) is 0 Å². The molecular formula is C17H29N3O. The molecule has 4 heteroatoms. The first-order valence-electron chi connectivity index (χ1n) is 7.84. The molecule has 4 nitrogen and oxygen atoms in total. The zero-order valence-corrected chi connectivity index (χ0v) is 13.7. The van der Waals surface area contributed by atoms with E-state index in [1.807, 2.05) is 32.0 Å². The van der Waals surface area contributed by atoms with E-state index < -0.39 is 0 Å². The van der Waals surface area contributed by atoms with Crippen LogP contribution < -0.4 is 15.5 Å². The second-order valence-electron chi connectivity index (χ2n) is 5.60. The number of benzene rings is 1. The number of rotatable bonds is 9. The van der Waals surface area contributed by atoms with E-state index >= 15 is 0 Å². The summed E-state index contributed by atoms with van der Waals surface area (Å²) in [6.07, 6.45) is 1.96. The van der Waals surface area contributed by atoms with Crippen molar-refractivity contribution in [3.63, 3.8) is 0 Å². The maximum Gasteiger partial charge on any atom is 0.237 e. The van der Waals surface area contributed by atoms with E-state index in [1.165, 1.54) is 5.69 Å². The first-order chi connectivity index (χ1) is 10.0. The largest absolute Gasteiger partial charge is 0.375 e. The van der Waals surface area contributed by atoms with E-state index in [2.05, 4.69) is 41.6 Å². The summed E-state index contributed by atoms with van der Waals surface area (Å²) in [5, 5.41) is 6.27. The highest BCUT2D eigenvalue weighted by molar-refractivity contribution is 5.81. The van der Waals surface area contributed by atoms with Gasteiger partial charge in [0.05, 0.1) is 6.04 Å². The van der Waals surface area contributed by atoms with E-state index in [0.29, 0.717) is 0 Å². The number of amides is 1. The minimum atomic E-state index is -0.138. The number of nitrogens with zero attached hydrogens (tertiary/aromatic N) is 1. The molecule has 0 heterocycles. The maximum atomic E-state index is 11.9. The number of hydrogen-bond acceptors (Lipinski definition) is 3. The molecule has 0 aliphatic rings.